The molecule has 1 aliphatic heterocycles. The van der Waals surface area contributed by atoms with Gasteiger partial charge in [0.1, 0.15) is 0 Å². The van der Waals surface area contributed by atoms with Crippen LogP contribution in [0.15, 0.2) is 0 Å². The second-order valence-corrected chi connectivity index (χ2v) is 4.46. The van der Waals surface area contributed by atoms with Crippen LogP contribution < -0.4 is 0 Å². The van der Waals surface area contributed by atoms with E-state index in [9.17, 15) is 4.79 Å². The summed E-state index contributed by atoms with van der Waals surface area (Å²) in [7, 11) is 5.62. The molecule has 0 bridgehead atoms. The minimum Gasteiger partial charge on any atom is -0.453 e. The number of rotatable bonds is 4. The lowest BCUT2D eigenvalue weighted by Crippen LogP contribution is -2.49. The fourth-order valence-corrected chi connectivity index (χ4v) is 1.89. The van der Waals surface area contributed by atoms with E-state index in [-0.39, 0.29) is 6.09 Å². The quantitative estimate of drug-likeness (QED) is 0.696. The molecule has 0 aromatic heterocycles. The summed E-state index contributed by atoms with van der Waals surface area (Å²) in [5.74, 6) is 0. The van der Waals surface area contributed by atoms with Crippen molar-refractivity contribution in [1.82, 2.24) is 14.7 Å². The highest BCUT2D eigenvalue weighted by Crippen LogP contribution is 2.04. The van der Waals surface area contributed by atoms with Gasteiger partial charge in [0.15, 0.2) is 0 Å². The SMILES string of the molecule is COC(=O)N1CCN(CCCN(C)C)CC1. The van der Waals surface area contributed by atoms with Gasteiger partial charge in [0.2, 0.25) is 0 Å². The van der Waals surface area contributed by atoms with Crippen LogP contribution in [0, 0.1) is 0 Å². The minimum absolute atomic E-state index is 0.201. The number of hydrogen-bond acceptors (Lipinski definition) is 4. The van der Waals surface area contributed by atoms with Crippen LogP contribution in [0.3, 0.4) is 0 Å². The van der Waals surface area contributed by atoms with E-state index in [0.717, 1.165) is 39.3 Å². The second-order valence-electron chi connectivity index (χ2n) is 4.46. The van der Waals surface area contributed by atoms with Gasteiger partial charge in [-0.1, -0.05) is 0 Å². The van der Waals surface area contributed by atoms with Gasteiger partial charge in [-0.15, -0.1) is 0 Å². The summed E-state index contributed by atoms with van der Waals surface area (Å²) in [4.78, 5) is 17.6. The first-order valence-corrected chi connectivity index (χ1v) is 5.83. The zero-order valence-corrected chi connectivity index (χ0v) is 10.6. The summed E-state index contributed by atoms with van der Waals surface area (Å²) in [6.45, 7) is 5.73. The Hall–Kier alpha value is -0.810. The zero-order valence-electron chi connectivity index (χ0n) is 10.6. The Morgan fingerprint density at radius 3 is 2.38 bits per heavy atom. The molecule has 0 aromatic rings. The molecule has 1 rings (SSSR count). The lowest BCUT2D eigenvalue weighted by atomic mass is 10.3. The van der Waals surface area contributed by atoms with E-state index < -0.39 is 0 Å². The number of amides is 1. The molecule has 94 valence electrons. The first-order chi connectivity index (χ1) is 7.63. The van der Waals surface area contributed by atoms with Gasteiger partial charge in [0.05, 0.1) is 7.11 Å². The summed E-state index contributed by atoms with van der Waals surface area (Å²) in [5.41, 5.74) is 0. The van der Waals surface area contributed by atoms with Crippen molar-refractivity contribution in [3.05, 3.63) is 0 Å². The Morgan fingerprint density at radius 1 is 1.25 bits per heavy atom. The van der Waals surface area contributed by atoms with Crippen LogP contribution in [0.5, 0.6) is 0 Å². The van der Waals surface area contributed by atoms with Gasteiger partial charge < -0.3 is 14.5 Å². The Bertz CT molecular complexity index is 213. The molecule has 0 unspecified atom stereocenters. The van der Waals surface area contributed by atoms with Crippen molar-refractivity contribution in [2.75, 3.05) is 60.5 Å². The third kappa shape index (κ3) is 4.37. The number of nitrogens with zero attached hydrogens (tertiary/aromatic N) is 3. The summed E-state index contributed by atoms with van der Waals surface area (Å²) >= 11 is 0. The van der Waals surface area contributed by atoms with Crippen LogP contribution in [-0.2, 0) is 4.74 Å². The number of piperazine rings is 1. The van der Waals surface area contributed by atoms with E-state index in [1.54, 1.807) is 4.90 Å². The van der Waals surface area contributed by atoms with Crippen molar-refractivity contribution >= 4 is 6.09 Å². The predicted molar refractivity (Wildman–Crippen MR) is 63.6 cm³/mol. The molecule has 0 spiro atoms. The number of carbonyl (C=O) groups is 1. The Kier molecular flexibility index (Phi) is 5.55. The maximum atomic E-state index is 11.3. The van der Waals surface area contributed by atoms with E-state index >= 15 is 0 Å². The van der Waals surface area contributed by atoms with E-state index in [4.69, 9.17) is 4.74 Å². The molecule has 0 atom stereocenters. The first-order valence-electron chi connectivity index (χ1n) is 5.83. The molecule has 1 fully saturated rings. The highest BCUT2D eigenvalue weighted by Gasteiger charge is 2.20. The zero-order chi connectivity index (χ0) is 12.0. The fraction of sp³-hybridized carbons (Fsp3) is 0.909. The third-order valence-electron chi connectivity index (χ3n) is 2.88. The van der Waals surface area contributed by atoms with Crippen molar-refractivity contribution in [3.8, 4) is 0 Å². The van der Waals surface area contributed by atoms with Crippen molar-refractivity contribution in [2.45, 2.75) is 6.42 Å². The van der Waals surface area contributed by atoms with Crippen LogP contribution in [0.1, 0.15) is 6.42 Å². The normalized spacial score (nSPS) is 17.9. The first kappa shape index (κ1) is 13.3. The molecule has 1 aliphatic rings. The lowest BCUT2D eigenvalue weighted by Gasteiger charge is -2.33. The monoisotopic (exact) mass is 229 g/mol. The molecule has 0 radical (unpaired) electrons. The van der Waals surface area contributed by atoms with Crippen LogP contribution in [0.4, 0.5) is 4.79 Å². The minimum atomic E-state index is -0.201. The van der Waals surface area contributed by atoms with Gasteiger partial charge in [-0.2, -0.15) is 0 Å². The predicted octanol–water partition coefficient (Wildman–Crippen LogP) is 0.322. The molecular weight excluding hydrogens is 206 g/mol. The van der Waals surface area contributed by atoms with E-state index in [2.05, 4.69) is 23.9 Å². The molecule has 0 aromatic carbocycles. The molecule has 0 N–H and O–H groups in total. The molecular formula is C11H23N3O2. The highest BCUT2D eigenvalue weighted by molar-refractivity contribution is 5.67. The maximum absolute atomic E-state index is 11.3. The van der Waals surface area contributed by atoms with Gasteiger partial charge in [-0.05, 0) is 33.6 Å². The van der Waals surface area contributed by atoms with Crippen LogP contribution in [0.2, 0.25) is 0 Å². The van der Waals surface area contributed by atoms with Crippen LogP contribution in [0.25, 0.3) is 0 Å². The standard InChI is InChI=1S/C11H23N3O2/c1-12(2)5-4-6-13-7-9-14(10-8-13)11(15)16-3/h4-10H2,1-3H3. The third-order valence-corrected chi connectivity index (χ3v) is 2.88. The van der Waals surface area contributed by atoms with E-state index in [1.165, 1.54) is 13.5 Å². The van der Waals surface area contributed by atoms with Gasteiger partial charge in [0.25, 0.3) is 0 Å². The van der Waals surface area contributed by atoms with Crippen LogP contribution in [-0.4, -0.2) is 81.3 Å². The average Bonchev–Trinajstić information content (AvgIpc) is 2.28. The smallest absolute Gasteiger partial charge is 0.409 e. The number of hydrogen-bond donors (Lipinski definition) is 0. The largest absolute Gasteiger partial charge is 0.453 e. The summed E-state index contributed by atoms with van der Waals surface area (Å²) in [6.07, 6.45) is 0.985. The Morgan fingerprint density at radius 2 is 1.88 bits per heavy atom. The Balaban J connectivity index is 2.14. The fourth-order valence-electron chi connectivity index (χ4n) is 1.89. The average molecular weight is 229 g/mol. The molecule has 1 amide bonds. The van der Waals surface area contributed by atoms with E-state index in [0.29, 0.717) is 0 Å². The van der Waals surface area contributed by atoms with Gasteiger partial charge in [-0.25, -0.2) is 4.79 Å². The van der Waals surface area contributed by atoms with Gasteiger partial charge in [0, 0.05) is 26.2 Å². The van der Waals surface area contributed by atoms with Crippen LogP contribution >= 0.6 is 0 Å². The topological polar surface area (TPSA) is 36.0 Å². The van der Waals surface area contributed by atoms with Crippen molar-refractivity contribution in [3.63, 3.8) is 0 Å². The molecule has 0 saturated carbocycles. The maximum Gasteiger partial charge on any atom is 0.409 e. The second kappa shape index (κ2) is 6.70. The molecule has 1 heterocycles. The van der Waals surface area contributed by atoms with Gasteiger partial charge >= 0.3 is 6.09 Å². The molecule has 0 aliphatic carbocycles. The van der Waals surface area contributed by atoms with Crippen molar-refractivity contribution in [1.29, 1.82) is 0 Å². The van der Waals surface area contributed by atoms with Gasteiger partial charge in [-0.3, -0.25) is 4.90 Å². The molecule has 1 saturated heterocycles. The van der Waals surface area contributed by atoms with E-state index in [1.807, 2.05) is 0 Å². The summed E-state index contributed by atoms with van der Waals surface area (Å²) in [5, 5.41) is 0. The lowest BCUT2D eigenvalue weighted by molar-refractivity contribution is 0.0900. The Labute approximate surface area is 97.9 Å². The number of ether oxygens (including phenoxy) is 1. The molecule has 5 nitrogen and oxygen atoms in total. The summed E-state index contributed by atoms with van der Waals surface area (Å²) < 4.78 is 4.70. The summed E-state index contributed by atoms with van der Waals surface area (Å²) in [6, 6.07) is 0. The number of methoxy groups -OCH3 is 1. The van der Waals surface area contributed by atoms with Crippen molar-refractivity contribution in [2.24, 2.45) is 0 Å². The van der Waals surface area contributed by atoms with Crippen molar-refractivity contribution < 1.29 is 9.53 Å². The highest BCUT2D eigenvalue weighted by atomic mass is 16.5. The molecule has 16 heavy (non-hydrogen) atoms. The number of carbonyl (C=O) groups excluding carboxylic acids is 1. The molecule has 5 heteroatoms.